The lowest BCUT2D eigenvalue weighted by Gasteiger charge is -2.07. The van der Waals surface area contributed by atoms with Gasteiger partial charge >= 0.3 is 12.1 Å². The summed E-state index contributed by atoms with van der Waals surface area (Å²) in [5.41, 5.74) is -0.649. The summed E-state index contributed by atoms with van der Waals surface area (Å²) in [7, 11) is 0. The van der Waals surface area contributed by atoms with Crippen molar-refractivity contribution in [2.75, 3.05) is 0 Å². The first-order valence-electron chi connectivity index (χ1n) is 5.90. The zero-order valence-corrected chi connectivity index (χ0v) is 11.7. The number of carboxylic acids is 1. The molecular formula is C14H11F3O3S. The molecule has 7 heteroatoms. The Hall–Kier alpha value is -1.89. The number of carbonyl (C=O) groups is 1. The second kappa shape index (κ2) is 5.85. The van der Waals surface area contributed by atoms with E-state index in [-0.39, 0.29) is 17.1 Å². The zero-order chi connectivity index (χ0) is 15.6. The number of thioether (sulfide) groups is 1. The highest BCUT2D eigenvalue weighted by Gasteiger charge is 2.30. The highest BCUT2D eigenvalue weighted by Crippen LogP contribution is 2.33. The van der Waals surface area contributed by atoms with Crippen molar-refractivity contribution in [2.45, 2.75) is 23.7 Å². The van der Waals surface area contributed by atoms with E-state index >= 15 is 0 Å². The van der Waals surface area contributed by atoms with Gasteiger partial charge in [-0.3, -0.25) is 0 Å². The van der Waals surface area contributed by atoms with Crippen LogP contribution in [0.5, 0.6) is 0 Å². The van der Waals surface area contributed by atoms with Gasteiger partial charge in [-0.25, -0.2) is 4.79 Å². The van der Waals surface area contributed by atoms with Crippen molar-refractivity contribution < 1.29 is 27.5 Å². The molecule has 0 radical (unpaired) electrons. The normalized spacial score (nSPS) is 11.6. The van der Waals surface area contributed by atoms with Crippen LogP contribution in [0.3, 0.4) is 0 Å². The summed E-state index contributed by atoms with van der Waals surface area (Å²) in [5.74, 6) is -0.142. The van der Waals surface area contributed by atoms with Crippen LogP contribution in [-0.4, -0.2) is 11.1 Å². The Morgan fingerprint density at radius 3 is 2.62 bits per heavy atom. The Balaban J connectivity index is 2.10. The fourth-order valence-electron chi connectivity index (χ4n) is 1.74. The molecule has 0 amide bonds. The summed E-state index contributed by atoms with van der Waals surface area (Å²) >= 11 is 1.15. The van der Waals surface area contributed by atoms with Crippen molar-refractivity contribution in [3.05, 3.63) is 53.0 Å². The van der Waals surface area contributed by atoms with E-state index in [1.165, 1.54) is 19.1 Å². The molecule has 3 nitrogen and oxygen atoms in total. The third-order valence-corrected chi connectivity index (χ3v) is 3.76. The Morgan fingerprint density at radius 2 is 2.05 bits per heavy atom. The molecular weight excluding hydrogens is 305 g/mol. The summed E-state index contributed by atoms with van der Waals surface area (Å²) in [6, 6.07) is 6.34. The van der Waals surface area contributed by atoms with Gasteiger partial charge in [-0.1, -0.05) is 6.07 Å². The van der Waals surface area contributed by atoms with E-state index in [0.29, 0.717) is 10.7 Å². The third kappa shape index (κ3) is 3.81. The molecule has 0 saturated carbocycles. The first-order valence-corrected chi connectivity index (χ1v) is 6.88. The topological polar surface area (TPSA) is 50.4 Å². The third-order valence-electron chi connectivity index (χ3n) is 2.74. The molecule has 0 aliphatic rings. The average molecular weight is 316 g/mol. The summed E-state index contributed by atoms with van der Waals surface area (Å²) in [6.07, 6.45) is -4.38. The summed E-state index contributed by atoms with van der Waals surface area (Å²) in [5, 5.41) is 8.90. The molecule has 1 aromatic carbocycles. The van der Waals surface area contributed by atoms with Gasteiger partial charge < -0.3 is 9.52 Å². The number of hydrogen-bond donors (Lipinski definition) is 1. The average Bonchev–Trinajstić information content (AvgIpc) is 2.77. The van der Waals surface area contributed by atoms with Gasteiger partial charge in [-0.2, -0.15) is 13.2 Å². The molecule has 2 rings (SSSR count). The number of aryl methyl sites for hydroxylation is 1. The number of furan rings is 1. The molecule has 112 valence electrons. The van der Waals surface area contributed by atoms with Crippen molar-refractivity contribution in [2.24, 2.45) is 0 Å². The molecule has 0 bridgehead atoms. The number of alkyl halides is 3. The molecule has 1 N–H and O–H groups in total. The zero-order valence-electron chi connectivity index (χ0n) is 10.9. The Bertz CT molecular complexity index is 662. The number of rotatable bonds is 4. The molecule has 1 aromatic heterocycles. The van der Waals surface area contributed by atoms with Gasteiger partial charge in [0.05, 0.1) is 11.3 Å². The fourth-order valence-corrected chi connectivity index (χ4v) is 2.58. The first-order chi connectivity index (χ1) is 9.77. The molecule has 0 saturated heterocycles. The van der Waals surface area contributed by atoms with E-state index in [1.54, 1.807) is 6.07 Å². The Kier molecular flexibility index (Phi) is 4.32. The lowest BCUT2D eigenvalue weighted by Crippen LogP contribution is -2.04. The van der Waals surface area contributed by atoms with Crippen LogP contribution in [0.15, 0.2) is 39.6 Å². The lowest BCUT2D eigenvalue weighted by atomic mass is 10.2. The van der Waals surface area contributed by atoms with E-state index < -0.39 is 17.7 Å². The van der Waals surface area contributed by atoms with Crippen LogP contribution < -0.4 is 0 Å². The summed E-state index contributed by atoms with van der Waals surface area (Å²) in [4.78, 5) is 11.3. The van der Waals surface area contributed by atoms with Crippen molar-refractivity contribution in [1.82, 2.24) is 0 Å². The van der Waals surface area contributed by atoms with E-state index in [2.05, 4.69) is 0 Å². The van der Waals surface area contributed by atoms with Crippen molar-refractivity contribution in [3.63, 3.8) is 0 Å². The maximum Gasteiger partial charge on any atom is 0.416 e. The van der Waals surface area contributed by atoms with Crippen LogP contribution in [-0.2, 0) is 11.9 Å². The second-order valence-electron chi connectivity index (χ2n) is 4.30. The SMILES string of the molecule is Cc1oc(CSc2cccc(C(F)(F)F)c2)cc1C(=O)O. The van der Waals surface area contributed by atoms with Crippen molar-refractivity contribution in [3.8, 4) is 0 Å². The van der Waals surface area contributed by atoms with Gasteiger partial charge in [0.15, 0.2) is 0 Å². The quantitative estimate of drug-likeness (QED) is 0.838. The summed E-state index contributed by atoms with van der Waals surface area (Å²) < 4.78 is 43.0. The molecule has 0 fully saturated rings. The van der Waals surface area contributed by atoms with Gasteiger partial charge in [0.1, 0.15) is 17.1 Å². The van der Waals surface area contributed by atoms with Gasteiger partial charge in [0.2, 0.25) is 0 Å². The smallest absolute Gasteiger partial charge is 0.416 e. The number of benzene rings is 1. The Labute approximate surface area is 122 Å². The highest BCUT2D eigenvalue weighted by atomic mass is 32.2. The number of halogens is 3. The van der Waals surface area contributed by atoms with Crippen LogP contribution >= 0.6 is 11.8 Å². The molecule has 1 heterocycles. The van der Waals surface area contributed by atoms with Crippen LogP contribution in [0.4, 0.5) is 13.2 Å². The van der Waals surface area contributed by atoms with E-state index in [0.717, 1.165) is 23.9 Å². The minimum atomic E-state index is -4.38. The van der Waals surface area contributed by atoms with Gasteiger partial charge in [0, 0.05) is 4.90 Å². The van der Waals surface area contributed by atoms with E-state index in [1.807, 2.05) is 0 Å². The molecule has 0 aliphatic carbocycles. The molecule has 0 spiro atoms. The van der Waals surface area contributed by atoms with Crippen molar-refractivity contribution >= 4 is 17.7 Å². The van der Waals surface area contributed by atoms with Crippen LogP contribution in [0.1, 0.15) is 27.4 Å². The van der Waals surface area contributed by atoms with Gasteiger partial charge in [0.25, 0.3) is 0 Å². The number of aromatic carboxylic acids is 1. The Morgan fingerprint density at radius 1 is 1.33 bits per heavy atom. The van der Waals surface area contributed by atoms with E-state index in [9.17, 15) is 18.0 Å². The van der Waals surface area contributed by atoms with Crippen LogP contribution in [0.25, 0.3) is 0 Å². The van der Waals surface area contributed by atoms with Gasteiger partial charge in [-0.15, -0.1) is 11.8 Å². The molecule has 21 heavy (non-hydrogen) atoms. The lowest BCUT2D eigenvalue weighted by molar-refractivity contribution is -0.137. The molecule has 0 atom stereocenters. The summed E-state index contributed by atoms with van der Waals surface area (Å²) in [6.45, 7) is 1.53. The maximum absolute atomic E-state index is 12.6. The van der Waals surface area contributed by atoms with Gasteiger partial charge in [-0.05, 0) is 31.2 Å². The largest absolute Gasteiger partial charge is 0.478 e. The van der Waals surface area contributed by atoms with Crippen molar-refractivity contribution in [1.29, 1.82) is 0 Å². The molecule has 0 unspecified atom stereocenters. The minimum absolute atomic E-state index is 0.0645. The maximum atomic E-state index is 12.6. The fraction of sp³-hybridized carbons (Fsp3) is 0.214. The molecule has 0 aliphatic heterocycles. The second-order valence-corrected chi connectivity index (χ2v) is 5.35. The predicted molar refractivity (Wildman–Crippen MR) is 71.4 cm³/mol. The minimum Gasteiger partial charge on any atom is -0.478 e. The monoisotopic (exact) mass is 316 g/mol. The predicted octanol–water partition coefficient (Wildman–Crippen LogP) is 4.60. The first kappa shape index (κ1) is 15.5. The van der Waals surface area contributed by atoms with Crippen LogP contribution in [0.2, 0.25) is 0 Å². The van der Waals surface area contributed by atoms with E-state index in [4.69, 9.17) is 9.52 Å². The molecule has 2 aromatic rings. The number of carboxylic acid groups (broad SMARTS) is 1. The number of hydrogen-bond acceptors (Lipinski definition) is 3. The van der Waals surface area contributed by atoms with Crippen LogP contribution in [0, 0.1) is 6.92 Å². The highest BCUT2D eigenvalue weighted by molar-refractivity contribution is 7.98. The standard InChI is InChI=1S/C14H11F3O3S/c1-8-12(13(18)19)6-10(20-8)7-21-11-4-2-3-9(5-11)14(15,16)17/h2-6H,7H2,1H3,(H,18,19).